The molecule has 0 saturated heterocycles. The van der Waals surface area contributed by atoms with Crippen molar-refractivity contribution < 1.29 is 9.47 Å². The molecule has 0 spiro atoms. The number of aryl methyl sites for hydroxylation is 1. The maximum Gasteiger partial charge on any atom is 0.166 e. The monoisotopic (exact) mass is 358 g/mol. The summed E-state index contributed by atoms with van der Waals surface area (Å²) in [5, 5.41) is 7.08. The molecule has 2 aromatic carbocycles. The van der Waals surface area contributed by atoms with E-state index in [9.17, 15) is 0 Å². The largest absolute Gasteiger partial charge is 0.490 e. The van der Waals surface area contributed by atoms with Gasteiger partial charge in [0.25, 0.3) is 0 Å². The molecule has 0 saturated carbocycles. The number of thiocarbonyl (C=S) groups is 1. The van der Waals surface area contributed by atoms with Gasteiger partial charge in [-0.2, -0.15) is 0 Å². The predicted molar refractivity (Wildman–Crippen MR) is 106 cm³/mol. The smallest absolute Gasteiger partial charge is 0.166 e. The van der Waals surface area contributed by atoms with Gasteiger partial charge in [0, 0.05) is 13.1 Å². The van der Waals surface area contributed by atoms with Crippen LogP contribution in [0.25, 0.3) is 0 Å². The van der Waals surface area contributed by atoms with Crippen molar-refractivity contribution in [3.05, 3.63) is 59.2 Å². The minimum atomic E-state index is 0.605. The van der Waals surface area contributed by atoms with Gasteiger partial charge in [-0.15, -0.1) is 0 Å². The van der Waals surface area contributed by atoms with Crippen LogP contribution in [0, 0.1) is 6.92 Å². The zero-order valence-corrected chi connectivity index (χ0v) is 15.9. The Balaban J connectivity index is 1.86. The van der Waals surface area contributed by atoms with Gasteiger partial charge < -0.3 is 20.1 Å². The minimum absolute atomic E-state index is 0.605. The lowest BCUT2D eigenvalue weighted by molar-refractivity contribution is 0.287. The highest BCUT2D eigenvalue weighted by molar-refractivity contribution is 7.80. The van der Waals surface area contributed by atoms with E-state index in [2.05, 4.69) is 41.8 Å². The van der Waals surface area contributed by atoms with Crippen molar-refractivity contribution >= 4 is 17.3 Å². The van der Waals surface area contributed by atoms with E-state index in [1.807, 2.05) is 32.0 Å². The van der Waals surface area contributed by atoms with Crippen molar-refractivity contribution in [2.75, 3.05) is 13.2 Å². The number of benzene rings is 2. The number of nitrogens with one attached hydrogen (secondary N) is 2. The number of hydrogen-bond donors (Lipinski definition) is 2. The molecule has 0 fully saturated rings. The second-order valence-electron chi connectivity index (χ2n) is 5.67. The van der Waals surface area contributed by atoms with Crippen LogP contribution in [0.2, 0.25) is 0 Å². The van der Waals surface area contributed by atoms with Crippen molar-refractivity contribution in [3.8, 4) is 11.5 Å². The van der Waals surface area contributed by atoms with Crippen molar-refractivity contribution in [1.82, 2.24) is 10.6 Å². The summed E-state index contributed by atoms with van der Waals surface area (Å²) in [7, 11) is 0. The first kappa shape index (κ1) is 19.1. The van der Waals surface area contributed by atoms with Crippen LogP contribution in [0.5, 0.6) is 11.5 Å². The van der Waals surface area contributed by atoms with E-state index >= 15 is 0 Å². The molecule has 2 aromatic rings. The molecule has 2 rings (SSSR count). The van der Waals surface area contributed by atoms with Gasteiger partial charge >= 0.3 is 0 Å². The highest BCUT2D eigenvalue weighted by Gasteiger charge is 2.06. The third-order valence-electron chi connectivity index (χ3n) is 3.63. The van der Waals surface area contributed by atoms with Crippen LogP contribution in [-0.2, 0) is 13.1 Å². The molecule has 0 aliphatic carbocycles. The van der Waals surface area contributed by atoms with Crippen LogP contribution in [0.3, 0.4) is 0 Å². The maximum atomic E-state index is 5.65. The SMILES string of the molecule is CCOc1ccc(CNC(=S)NCc2ccc(C)cc2)cc1OCC. The summed E-state index contributed by atoms with van der Waals surface area (Å²) in [6, 6.07) is 14.4. The number of hydrogen-bond acceptors (Lipinski definition) is 3. The summed E-state index contributed by atoms with van der Waals surface area (Å²) in [5.41, 5.74) is 3.55. The molecule has 0 aromatic heterocycles. The quantitative estimate of drug-likeness (QED) is 0.699. The lowest BCUT2D eigenvalue weighted by atomic mass is 10.1. The average molecular weight is 359 g/mol. The number of rotatable bonds is 8. The Bertz CT molecular complexity index is 687. The molecule has 25 heavy (non-hydrogen) atoms. The summed E-state index contributed by atoms with van der Waals surface area (Å²) in [5.74, 6) is 1.54. The topological polar surface area (TPSA) is 42.5 Å². The Labute approximate surface area is 155 Å². The Morgan fingerprint density at radius 3 is 2.04 bits per heavy atom. The highest BCUT2D eigenvalue weighted by Crippen LogP contribution is 2.28. The zero-order chi connectivity index (χ0) is 18.1. The second-order valence-corrected chi connectivity index (χ2v) is 6.08. The molecule has 0 aliphatic heterocycles. The first-order chi connectivity index (χ1) is 12.1. The molecule has 5 heteroatoms. The van der Waals surface area contributed by atoms with Crippen LogP contribution in [-0.4, -0.2) is 18.3 Å². The molecule has 0 radical (unpaired) electrons. The normalized spacial score (nSPS) is 10.2. The Kier molecular flexibility index (Phi) is 7.54. The fourth-order valence-corrected chi connectivity index (χ4v) is 2.48. The molecular weight excluding hydrogens is 332 g/mol. The Morgan fingerprint density at radius 2 is 1.40 bits per heavy atom. The third-order valence-corrected chi connectivity index (χ3v) is 3.92. The van der Waals surface area contributed by atoms with E-state index in [4.69, 9.17) is 21.7 Å². The summed E-state index contributed by atoms with van der Waals surface area (Å²) in [6.45, 7) is 8.56. The molecule has 4 nitrogen and oxygen atoms in total. The zero-order valence-electron chi connectivity index (χ0n) is 15.1. The first-order valence-electron chi connectivity index (χ1n) is 8.58. The molecule has 0 amide bonds. The molecular formula is C20H26N2O2S. The van der Waals surface area contributed by atoms with Crippen LogP contribution >= 0.6 is 12.2 Å². The third kappa shape index (κ3) is 6.27. The van der Waals surface area contributed by atoms with E-state index in [1.54, 1.807) is 0 Å². The highest BCUT2D eigenvalue weighted by atomic mass is 32.1. The standard InChI is InChI=1S/C20H26N2O2S/c1-4-23-18-11-10-17(12-19(18)24-5-2)14-22-20(25)21-13-16-8-6-15(3)7-9-16/h6-12H,4-5,13-14H2,1-3H3,(H2,21,22,25). The lowest BCUT2D eigenvalue weighted by Gasteiger charge is -2.14. The van der Waals surface area contributed by atoms with Crippen molar-refractivity contribution in [2.45, 2.75) is 33.9 Å². The minimum Gasteiger partial charge on any atom is -0.490 e. The summed E-state index contributed by atoms with van der Waals surface area (Å²) < 4.78 is 11.2. The Hall–Kier alpha value is -2.27. The van der Waals surface area contributed by atoms with Gasteiger partial charge in [-0.3, -0.25) is 0 Å². The van der Waals surface area contributed by atoms with E-state index in [1.165, 1.54) is 11.1 Å². The van der Waals surface area contributed by atoms with Gasteiger partial charge in [0.15, 0.2) is 16.6 Å². The van der Waals surface area contributed by atoms with E-state index < -0.39 is 0 Å². The van der Waals surface area contributed by atoms with Crippen molar-refractivity contribution in [2.24, 2.45) is 0 Å². The average Bonchev–Trinajstić information content (AvgIpc) is 2.62. The molecule has 0 unspecified atom stereocenters. The number of ether oxygens (including phenoxy) is 2. The summed E-state index contributed by atoms with van der Waals surface area (Å²) >= 11 is 5.35. The summed E-state index contributed by atoms with van der Waals surface area (Å²) in [4.78, 5) is 0. The molecule has 2 N–H and O–H groups in total. The lowest BCUT2D eigenvalue weighted by Crippen LogP contribution is -2.34. The molecule has 0 bridgehead atoms. The molecule has 0 heterocycles. The van der Waals surface area contributed by atoms with Gasteiger partial charge in [-0.25, -0.2) is 0 Å². The molecule has 0 atom stereocenters. The summed E-state index contributed by atoms with van der Waals surface area (Å²) in [6.07, 6.45) is 0. The van der Waals surface area contributed by atoms with Crippen molar-refractivity contribution in [1.29, 1.82) is 0 Å². The second kappa shape index (κ2) is 9.89. The maximum absolute atomic E-state index is 5.65. The van der Waals surface area contributed by atoms with Crippen LogP contribution in [0.4, 0.5) is 0 Å². The fourth-order valence-electron chi connectivity index (χ4n) is 2.34. The predicted octanol–water partition coefficient (Wildman–Crippen LogP) is 3.96. The van der Waals surface area contributed by atoms with Gasteiger partial charge in [0.05, 0.1) is 13.2 Å². The van der Waals surface area contributed by atoms with Gasteiger partial charge in [-0.1, -0.05) is 35.9 Å². The molecule has 0 aliphatic rings. The van der Waals surface area contributed by atoms with E-state index in [-0.39, 0.29) is 0 Å². The van der Waals surface area contributed by atoms with Crippen molar-refractivity contribution in [3.63, 3.8) is 0 Å². The Morgan fingerprint density at radius 1 is 0.840 bits per heavy atom. The van der Waals surface area contributed by atoms with Crippen LogP contribution < -0.4 is 20.1 Å². The molecule has 134 valence electrons. The fraction of sp³-hybridized carbons (Fsp3) is 0.350. The van der Waals surface area contributed by atoms with E-state index in [0.29, 0.717) is 31.4 Å². The van der Waals surface area contributed by atoms with E-state index in [0.717, 1.165) is 17.1 Å². The van der Waals surface area contributed by atoms with Crippen LogP contribution in [0.1, 0.15) is 30.5 Å². The van der Waals surface area contributed by atoms with Crippen LogP contribution in [0.15, 0.2) is 42.5 Å². The van der Waals surface area contributed by atoms with Gasteiger partial charge in [-0.05, 0) is 56.2 Å². The van der Waals surface area contributed by atoms with Gasteiger partial charge in [0.2, 0.25) is 0 Å². The first-order valence-corrected chi connectivity index (χ1v) is 8.99. The van der Waals surface area contributed by atoms with Gasteiger partial charge in [0.1, 0.15) is 0 Å².